The molecular formula is C20H26N2O5. The molecule has 1 aliphatic carbocycles. The zero-order valence-electron chi connectivity index (χ0n) is 15.8. The predicted octanol–water partition coefficient (Wildman–Crippen LogP) is 1.26. The number of benzene rings is 1. The number of carbonyl (C=O) groups excluding carboxylic acids is 2. The van der Waals surface area contributed by atoms with E-state index in [0.717, 1.165) is 6.42 Å². The summed E-state index contributed by atoms with van der Waals surface area (Å²) in [5.41, 5.74) is 2.45. The molecule has 1 aliphatic heterocycles. The molecule has 1 aromatic carbocycles. The number of aliphatic carboxylic acids is 1. The number of aryl methyl sites for hydroxylation is 1. The van der Waals surface area contributed by atoms with Crippen molar-refractivity contribution in [1.29, 1.82) is 0 Å². The van der Waals surface area contributed by atoms with Gasteiger partial charge in [0.25, 0.3) is 0 Å². The van der Waals surface area contributed by atoms with Crippen molar-refractivity contribution < 1.29 is 24.2 Å². The van der Waals surface area contributed by atoms with Crippen molar-refractivity contribution in [2.24, 2.45) is 5.92 Å². The molecule has 3 rings (SSSR count). The van der Waals surface area contributed by atoms with Gasteiger partial charge in [-0.05, 0) is 30.4 Å². The van der Waals surface area contributed by atoms with Crippen molar-refractivity contribution in [2.45, 2.75) is 32.3 Å². The van der Waals surface area contributed by atoms with E-state index in [2.05, 4.69) is 19.1 Å². The number of amides is 2. The number of hydrogen-bond acceptors (Lipinski definition) is 4. The Morgan fingerprint density at radius 1 is 1.30 bits per heavy atom. The first-order valence-corrected chi connectivity index (χ1v) is 9.30. The van der Waals surface area contributed by atoms with E-state index in [0.29, 0.717) is 19.7 Å². The van der Waals surface area contributed by atoms with Gasteiger partial charge in [-0.1, -0.05) is 24.3 Å². The molecule has 3 unspecified atom stereocenters. The minimum Gasteiger partial charge on any atom is -0.480 e. The van der Waals surface area contributed by atoms with Crippen LogP contribution in [0.5, 0.6) is 0 Å². The molecule has 2 aliphatic rings. The summed E-state index contributed by atoms with van der Waals surface area (Å²) in [7, 11) is 0. The van der Waals surface area contributed by atoms with E-state index in [1.807, 2.05) is 12.1 Å². The van der Waals surface area contributed by atoms with Crippen molar-refractivity contribution in [2.75, 3.05) is 32.8 Å². The topological polar surface area (TPSA) is 87.2 Å². The molecule has 7 heteroatoms. The molecule has 2 amide bonds. The van der Waals surface area contributed by atoms with Crippen LogP contribution in [0, 0.1) is 12.8 Å². The molecule has 1 saturated carbocycles. The van der Waals surface area contributed by atoms with E-state index in [4.69, 9.17) is 9.84 Å². The molecule has 0 bridgehead atoms. The minimum absolute atomic E-state index is 0.00720. The van der Waals surface area contributed by atoms with E-state index in [1.165, 1.54) is 23.0 Å². The van der Waals surface area contributed by atoms with Crippen LogP contribution < -0.4 is 0 Å². The zero-order valence-corrected chi connectivity index (χ0v) is 15.8. The summed E-state index contributed by atoms with van der Waals surface area (Å²) >= 11 is 0. The number of carboxylic acid groups (broad SMARTS) is 1. The van der Waals surface area contributed by atoms with Crippen LogP contribution in [0.15, 0.2) is 24.3 Å². The highest BCUT2D eigenvalue weighted by atomic mass is 16.5. The van der Waals surface area contributed by atoms with Gasteiger partial charge in [-0.25, -0.2) is 0 Å². The maximum Gasteiger partial charge on any atom is 0.323 e. The largest absolute Gasteiger partial charge is 0.480 e. The minimum atomic E-state index is -1.06. The van der Waals surface area contributed by atoms with Gasteiger partial charge >= 0.3 is 5.97 Å². The smallest absolute Gasteiger partial charge is 0.323 e. The van der Waals surface area contributed by atoms with Gasteiger partial charge in [-0.15, -0.1) is 0 Å². The fraction of sp³-hybridized carbons (Fsp3) is 0.550. The molecule has 3 atom stereocenters. The Balaban J connectivity index is 1.58. The summed E-state index contributed by atoms with van der Waals surface area (Å²) in [5, 5.41) is 8.94. The summed E-state index contributed by atoms with van der Waals surface area (Å²) in [5.74, 6) is -0.961. The Morgan fingerprint density at radius 2 is 2.04 bits per heavy atom. The van der Waals surface area contributed by atoms with Gasteiger partial charge in [0, 0.05) is 32.5 Å². The number of nitrogens with zero attached hydrogens (tertiary/aromatic N) is 2. The van der Waals surface area contributed by atoms with Gasteiger partial charge in [-0.2, -0.15) is 0 Å². The van der Waals surface area contributed by atoms with Crippen LogP contribution in [0.3, 0.4) is 0 Å². The predicted molar refractivity (Wildman–Crippen MR) is 98.2 cm³/mol. The Bertz CT molecular complexity index is 735. The summed E-state index contributed by atoms with van der Waals surface area (Å²) in [6, 6.07) is 8.17. The van der Waals surface area contributed by atoms with E-state index < -0.39 is 5.97 Å². The lowest BCUT2D eigenvalue weighted by molar-refractivity contribution is -0.148. The lowest BCUT2D eigenvalue weighted by Gasteiger charge is -2.35. The highest BCUT2D eigenvalue weighted by Crippen LogP contribution is 2.49. The quantitative estimate of drug-likeness (QED) is 0.810. The van der Waals surface area contributed by atoms with Gasteiger partial charge in [0.1, 0.15) is 6.54 Å². The molecule has 1 heterocycles. The van der Waals surface area contributed by atoms with Crippen molar-refractivity contribution >= 4 is 17.8 Å². The van der Waals surface area contributed by atoms with Gasteiger partial charge in [0.05, 0.1) is 12.7 Å². The van der Waals surface area contributed by atoms with Crippen molar-refractivity contribution in [1.82, 2.24) is 9.80 Å². The number of rotatable bonds is 6. The van der Waals surface area contributed by atoms with Crippen molar-refractivity contribution in [3.63, 3.8) is 0 Å². The Labute approximate surface area is 158 Å². The second-order valence-corrected chi connectivity index (χ2v) is 7.38. The fourth-order valence-electron chi connectivity index (χ4n) is 3.79. The lowest BCUT2D eigenvalue weighted by Crippen LogP contribution is -2.51. The Kier molecular flexibility index (Phi) is 5.79. The third-order valence-corrected chi connectivity index (χ3v) is 5.34. The number of carbonyl (C=O) groups is 3. The molecule has 1 saturated heterocycles. The van der Waals surface area contributed by atoms with Crippen LogP contribution in [0.2, 0.25) is 0 Å². The number of morpholine rings is 1. The number of hydrogen-bond donors (Lipinski definition) is 1. The summed E-state index contributed by atoms with van der Waals surface area (Å²) in [6.07, 6.45) is 0.506. The fourth-order valence-corrected chi connectivity index (χ4v) is 3.79. The first-order valence-electron chi connectivity index (χ1n) is 9.30. The SMILES string of the molecule is CC(=O)N(CC(=O)O)CC1CN(C(=O)C2CC2c2ccccc2C)CCO1. The third-order valence-electron chi connectivity index (χ3n) is 5.34. The van der Waals surface area contributed by atoms with E-state index in [1.54, 1.807) is 4.90 Å². The number of ether oxygens (including phenoxy) is 1. The van der Waals surface area contributed by atoms with E-state index in [-0.39, 0.29) is 42.8 Å². The summed E-state index contributed by atoms with van der Waals surface area (Å²) in [4.78, 5) is 38.5. The van der Waals surface area contributed by atoms with Gasteiger partial charge in [0.15, 0.2) is 0 Å². The highest BCUT2D eigenvalue weighted by Gasteiger charge is 2.47. The van der Waals surface area contributed by atoms with Crippen LogP contribution in [0.4, 0.5) is 0 Å². The Hall–Kier alpha value is -2.41. The maximum atomic E-state index is 12.9. The number of carboxylic acids is 1. The second kappa shape index (κ2) is 8.08. The second-order valence-electron chi connectivity index (χ2n) is 7.38. The standard InChI is InChI=1S/C20H26N2O5/c1-13-5-3-4-6-16(13)17-9-18(17)20(26)21-7-8-27-15(10-21)11-22(14(2)23)12-19(24)25/h3-6,15,17-18H,7-12H2,1-2H3,(H,24,25). The molecule has 1 N–H and O–H groups in total. The summed E-state index contributed by atoms with van der Waals surface area (Å²) in [6.45, 7) is 4.55. The van der Waals surface area contributed by atoms with Crippen molar-refractivity contribution in [3.05, 3.63) is 35.4 Å². The highest BCUT2D eigenvalue weighted by molar-refractivity contribution is 5.83. The maximum absolute atomic E-state index is 12.9. The average molecular weight is 374 g/mol. The molecule has 0 radical (unpaired) electrons. The van der Waals surface area contributed by atoms with Gasteiger partial charge in [0.2, 0.25) is 11.8 Å². The molecule has 2 fully saturated rings. The van der Waals surface area contributed by atoms with Gasteiger partial charge in [-0.3, -0.25) is 14.4 Å². The monoisotopic (exact) mass is 374 g/mol. The normalized spacial score (nSPS) is 24.4. The van der Waals surface area contributed by atoms with Crippen LogP contribution in [0.1, 0.15) is 30.4 Å². The molecule has 1 aromatic rings. The first kappa shape index (κ1) is 19.4. The van der Waals surface area contributed by atoms with Crippen LogP contribution in [-0.2, 0) is 19.1 Å². The Morgan fingerprint density at radius 3 is 2.70 bits per heavy atom. The molecule has 7 nitrogen and oxygen atoms in total. The lowest BCUT2D eigenvalue weighted by atomic mass is 10.0. The molecule has 0 aromatic heterocycles. The van der Waals surface area contributed by atoms with Crippen LogP contribution in [-0.4, -0.2) is 71.6 Å². The van der Waals surface area contributed by atoms with Crippen LogP contribution in [0.25, 0.3) is 0 Å². The third kappa shape index (κ3) is 4.66. The average Bonchev–Trinajstić information content (AvgIpc) is 3.41. The van der Waals surface area contributed by atoms with Gasteiger partial charge < -0.3 is 19.6 Å². The van der Waals surface area contributed by atoms with E-state index in [9.17, 15) is 14.4 Å². The molecule has 146 valence electrons. The summed E-state index contributed by atoms with van der Waals surface area (Å²) < 4.78 is 5.67. The molecular weight excluding hydrogens is 348 g/mol. The molecule has 0 spiro atoms. The van der Waals surface area contributed by atoms with E-state index >= 15 is 0 Å². The zero-order chi connectivity index (χ0) is 19.6. The van der Waals surface area contributed by atoms with Crippen molar-refractivity contribution in [3.8, 4) is 0 Å². The first-order chi connectivity index (χ1) is 12.9. The molecule has 27 heavy (non-hydrogen) atoms. The van der Waals surface area contributed by atoms with Crippen LogP contribution >= 0.6 is 0 Å².